The zero-order chi connectivity index (χ0) is 15.1. The second-order valence-electron chi connectivity index (χ2n) is 6.21. The van der Waals surface area contributed by atoms with Crippen LogP contribution in [0.5, 0.6) is 5.75 Å². The molecule has 2 rings (SSSR count). The third-order valence-corrected chi connectivity index (χ3v) is 4.25. The van der Waals surface area contributed by atoms with E-state index in [9.17, 15) is 0 Å². The molecule has 0 spiro atoms. The molecular formula is C18H29NO2. The first kappa shape index (κ1) is 16.3. The molecule has 1 aromatic rings. The molecule has 0 aromatic heterocycles. The van der Waals surface area contributed by atoms with Crippen molar-refractivity contribution >= 4 is 0 Å². The average molecular weight is 291 g/mol. The minimum atomic E-state index is 0.529. The maximum absolute atomic E-state index is 5.88. The van der Waals surface area contributed by atoms with Crippen LogP contribution in [0.25, 0.3) is 0 Å². The zero-order valence-corrected chi connectivity index (χ0v) is 13.7. The lowest BCUT2D eigenvalue weighted by Crippen LogP contribution is -2.34. The van der Waals surface area contributed by atoms with Gasteiger partial charge in [-0.15, -0.1) is 0 Å². The first-order valence-electron chi connectivity index (χ1n) is 8.18. The minimum Gasteiger partial charge on any atom is -0.496 e. The van der Waals surface area contributed by atoms with Crippen LogP contribution in [-0.2, 0) is 11.3 Å². The third-order valence-electron chi connectivity index (χ3n) is 4.25. The summed E-state index contributed by atoms with van der Waals surface area (Å²) in [6.07, 6.45) is 5.06. The summed E-state index contributed by atoms with van der Waals surface area (Å²) in [5.74, 6) is 1.45. The summed E-state index contributed by atoms with van der Waals surface area (Å²) >= 11 is 0. The number of hydrogen-bond acceptors (Lipinski definition) is 3. The second kappa shape index (κ2) is 8.40. The van der Waals surface area contributed by atoms with Crippen LogP contribution in [0.1, 0.15) is 56.6 Å². The molecule has 1 aliphatic rings. The molecular weight excluding hydrogens is 262 g/mol. The first-order chi connectivity index (χ1) is 10.2. The average Bonchev–Trinajstić information content (AvgIpc) is 2.52. The Morgan fingerprint density at radius 3 is 2.81 bits per heavy atom. The van der Waals surface area contributed by atoms with Crippen LogP contribution < -0.4 is 10.1 Å². The maximum Gasteiger partial charge on any atom is 0.124 e. The van der Waals surface area contributed by atoms with Gasteiger partial charge in [0.1, 0.15) is 5.75 Å². The third kappa shape index (κ3) is 5.01. The van der Waals surface area contributed by atoms with Gasteiger partial charge in [0.2, 0.25) is 0 Å². The predicted octanol–water partition coefficient (Wildman–Crippen LogP) is 3.87. The van der Waals surface area contributed by atoms with Crippen molar-refractivity contribution in [2.45, 2.75) is 58.1 Å². The molecule has 3 nitrogen and oxygen atoms in total. The van der Waals surface area contributed by atoms with Gasteiger partial charge in [0.15, 0.2) is 0 Å². The molecule has 0 radical (unpaired) electrons. The molecule has 1 saturated heterocycles. The van der Waals surface area contributed by atoms with Crippen molar-refractivity contribution < 1.29 is 9.47 Å². The first-order valence-corrected chi connectivity index (χ1v) is 8.18. The van der Waals surface area contributed by atoms with Crippen molar-refractivity contribution in [3.05, 3.63) is 29.3 Å². The van der Waals surface area contributed by atoms with Crippen LogP contribution in [0.2, 0.25) is 0 Å². The summed E-state index contributed by atoms with van der Waals surface area (Å²) in [5, 5.41) is 3.56. The number of rotatable bonds is 7. The Bertz CT molecular complexity index is 425. The van der Waals surface area contributed by atoms with E-state index in [2.05, 4.69) is 37.4 Å². The van der Waals surface area contributed by atoms with Crippen LogP contribution >= 0.6 is 0 Å². The molecule has 0 aliphatic carbocycles. The fraction of sp³-hybridized carbons (Fsp3) is 0.667. The SMILES string of the molecule is COc1ccc(C(C)C)cc1COCCC1CCCCN1. The Hall–Kier alpha value is -1.06. The Labute approximate surface area is 129 Å². The van der Waals surface area contributed by atoms with E-state index in [4.69, 9.17) is 9.47 Å². The lowest BCUT2D eigenvalue weighted by Gasteiger charge is -2.23. The van der Waals surface area contributed by atoms with Gasteiger partial charge in [-0.3, -0.25) is 0 Å². The molecule has 1 aromatic carbocycles. The Kier molecular flexibility index (Phi) is 6.52. The predicted molar refractivity (Wildman–Crippen MR) is 87.0 cm³/mol. The minimum absolute atomic E-state index is 0.529. The summed E-state index contributed by atoms with van der Waals surface area (Å²) in [5.41, 5.74) is 2.49. The highest BCUT2D eigenvalue weighted by atomic mass is 16.5. The number of nitrogens with one attached hydrogen (secondary N) is 1. The van der Waals surface area contributed by atoms with Gasteiger partial charge in [0, 0.05) is 18.2 Å². The van der Waals surface area contributed by atoms with Crippen molar-refractivity contribution in [1.29, 1.82) is 0 Å². The van der Waals surface area contributed by atoms with Crippen molar-refractivity contribution in [3.63, 3.8) is 0 Å². The van der Waals surface area contributed by atoms with E-state index in [0.717, 1.165) is 30.9 Å². The van der Waals surface area contributed by atoms with Crippen LogP contribution in [0, 0.1) is 0 Å². The van der Waals surface area contributed by atoms with Gasteiger partial charge >= 0.3 is 0 Å². The van der Waals surface area contributed by atoms with E-state index >= 15 is 0 Å². The zero-order valence-electron chi connectivity index (χ0n) is 13.7. The highest BCUT2D eigenvalue weighted by molar-refractivity contribution is 5.37. The van der Waals surface area contributed by atoms with E-state index in [1.54, 1.807) is 7.11 Å². The number of benzene rings is 1. The quantitative estimate of drug-likeness (QED) is 0.774. The van der Waals surface area contributed by atoms with Crippen molar-refractivity contribution in [1.82, 2.24) is 5.32 Å². The van der Waals surface area contributed by atoms with Crippen LogP contribution in [0.4, 0.5) is 0 Å². The van der Waals surface area contributed by atoms with Crippen LogP contribution in [0.3, 0.4) is 0 Å². The van der Waals surface area contributed by atoms with Gasteiger partial charge < -0.3 is 14.8 Å². The number of piperidine rings is 1. The molecule has 1 fully saturated rings. The van der Waals surface area contributed by atoms with E-state index < -0.39 is 0 Å². The Balaban J connectivity index is 1.82. The standard InChI is InChI=1S/C18H29NO2/c1-14(2)15-7-8-18(20-3)16(12-15)13-21-11-9-17-6-4-5-10-19-17/h7-8,12,14,17,19H,4-6,9-11,13H2,1-3H3. The van der Waals surface area contributed by atoms with E-state index in [1.165, 1.54) is 24.8 Å². The van der Waals surface area contributed by atoms with Crippen LogP contribution in [-0.4, -0.2) is 26.3 Å². The van der Waals surface area contributed by atoms with E-state index in [-0.39, 0.29) is 0 Å². The highest BCUT2D eigenvalue weighted by Crippen LogP contribution is 2.25. The van der Waals surface area contributed by atoms with Gasteiger partial charge in [-0.25, -0.2) is 0 Å². The molecule has 118 valence electrons. The molecule has 0 bridgehead atoms. The molecule has 1 unspecified atom stereocenters. The molecule has 1 aliphatic heterocycles. The maximum atomic E-state index is 5.88. The molecule has 1 heterocycles. The number of ether oxygens (including phenoxy) is 2. The van der Waals surface area contributed by atoms with Gasteiger partial charge in [0.05, 0.1) is 13.7 Å². The molecule has 0 amide bonds. The van der Waals surface area contributed by atoms with Crippen molar-refractivity contribution in [2.75, 3.05) is 20.3 Å². The highest BCUT2D eigenvalue weighted by Gasteiger charge is 2.12. The summed E-state index contributed by atoms with van der Waals surface area (Å²) in [4.78, 5) is 0. The lowest BCUT2D eigenvalue weighted by atomic mass is 10.0. The summed E-state index contributed by atoms with van der Waals surface area (Å²) < 4.78 is 11.3. The summed E-state index contributed by atoms with van der Waals surface area (Å²) in [7, 11) is 1.72. The van der Waals surface area contributed by atoms with Gasteiger partial charge in [-0.05, 0) is 49.4 Å². The van der Waals surface area contributed by atoms with Gasteiger partial charge in [-0.2, -0.15) is 0 Å². The molecule has 21 heavy (non-hydrogen) atoms. The molecule has 3 heteroatoms. The molecule has 1 N–H and O–H groups in total. The molecule has 1 atom stereocenters. The topological polar surface area (TPSA) is 30.5 Å². The number of hydrogen-bond donors (Lipinski definition) is 1. The fourth-order valence-electron chi connectivity index (χ4n) is 2.85. The summed E-state index contributed by atoms with van der Waals surface area (Å²) in [6.45, 7) is 7.03. The van der Waals surface area contributed by atoms with Crippen molar-refractivity contribution in [2.24, 2.45) is 0 Å². The summed E-state index contributed by atoms with van der Waals surface area (Å²) in [6, 6.07) is 7.04. The second-order valence-corrected chi connectivity index (χ2v) is 6.21. The van der Waals surface area contributed by atoms with Crippen molar-refractivity contribution in [3.8, 4) is 5.75 Å². The smallest absolute Gasteiger partial charge is 0.124 e. The largest absolute Gasteiger partial charge is 0.496 e. The fourth-order valence-corrected chi connectivity index (χ4v) is 2.85. The Morgan fingerprint density at radius 1 is 1.29 bits per heavy atom. The molecule has 0 saturated carbocycles. The monoisotopic (exact) mass is 291 g/mol. The normalized spacial score (nSPS) is 19.0. The van der Waals surface area contributed by atoms with E-state index in [1.807, 2.05) is 0 Å². The lowest BCUT2D eigenvalue weighted by molar-refractivity contribution is 0.106. The van der Waals surface area contributed by atoms with E-state index in [0.29, 0.717) is 18.6 Å². The number of methoxy groups -OCH3 is 1. The van der Waals surface area contributed by atoms with Crippen LogP contribution in [0.15, 0.2) is 18.2 Å². The van der Waals surface area contributed by atoms with Gasteiger partial charge in [0.25, 0.3) is 0 Å². The van der Waals surface area contributed by atoms with Gasteiger partial charge in [-0.1, -0.05) is 26.3 Å². The Morgan fingerprint density at radius 2 is 2.14 bits per heavy atom.